The lowest BCUT2D eigenvalue weighted by atomic mass is 9.88. The number of hydrogen-bond donors (Lipinski definition) is 1. The second kappa shape index (κ2) is 8.72. The molecular formula is C23H33N5. The number of hydrogen-bond acceptors (Lipinski definition) is 4. The molecule has 0 aliphatic carbocycles. The van der Waals surface area contributed by atoms with Crippen LogP contribution in [0, 0.1) is 5.41 Å². The van der Waals surface area contributed by atoms with E-state index in [1.807, 2.05) is 6.33 Å². The highest BCUT2D eigenvalue weighted by atomic mass is 15.1. The zero-order valence-electron chi connectivity index (χ0n) is 17.7. The summed E-state index contributed by atoms with van der Waals surface area (Å²) in [5, 5.41) is 0. The molecule has 0 saturated heterocycles. The molecule has 28 heavy (non-hydrogen) atoms. The number of aromatic nitrogens is 4. The van der Waals surface area contributed by atoms with Gasteiger partial charge in [-0.2, -0.15) is 0 Å². The van der Waals surface area contributed by atoms with E-state index in [4.69, 9.17) is 10.7 Å². The molecule has 0 aliphatic rings. The SMILES string of the molecule is CCCCCc1nc(N)c2ncn(Cc3ccc(CCC(C)(C)C)cc3)c2n1. The normalized spacial score (nSPS) is 12.0. The fourth-order valence-corrected chi connectivity index (χ4v) is 3.30. The van der Waals surface area contributed by atoms with Gasteiger partial charge >= 0.3 is 0 Å². The van der Waals surface area contributed by atoms with Crippen LogP contribution in [0.25, 0.3) is 11.2 Å². The lowest BCUT2D eigenvalue weighted by Crippen LogP contribution is -2.06. The van der Waals surface area contributed by atoms with Gasteiger partial charge in [-0.25, -0.2) is 15.0 Å². The number of benzene rings is 1. The van der Waals surface area contributed by atoms with Crippen molar-refractivity contribution in [1.29, 1.82) is 0 Å². The number of rotatable bonds is 8. The van der Waals surface area contributed by atoms with Crippen molar-refractivity contribution in [2.45, 2.75) is 72.8 Å². The molecule has 0 aliphatic heterocycles. The number of fused-ring (bicyclic) bond motifs is 1. The number of imidazole rings is 1. The second-order valence-corrected chi connectivity index (χ2v) is 8.90. The van der Waals surface area contributed by atoms with E-state index in [1.165, 1.54) is 30.4 Å². The Morgan fingerprint density at radius 3 is 2.36 bits per heavy atom. The maximum Gasteiger partial charge on any atom is 0.166 e. The largest absolute Gasteiger partial charge is 0.382 e. The van der Waals surface area contributed by atoms with Crippen LogP contribution < -0.4 is 5.73 Å². The average molecular weight is 380 g/mol. The molecular weight excluding hydrogens is 346 g/mol. The van der Waals surface area contributed by atoms with Gasteiger partial charge in [0.25, 0.3) is 0 Å². The Balaban J connectivity index is 1.74. The molecule has 2 aromatic heterocycles. The molecule has 3 aromatic rings. The number of nitrogen functional groups attached to an aromatic ring is 1. The van der Waals surface area contributed by atoms with E-state index in [0.717, 1.165) is 37.3 Å². The zero-order valence-corrected chi connectivity index (χ0v) is 17.7. The number of aryl methyl sites for hydroxylation is 2. The molecule has 5 heteroatoms. The van der Waals surface area contributed by atoms with E-state index >= 15 is 0 Å². The smallest absolute Gasteiger partial charge is 0.166 e. The summed E-state index contributed by atoms with van der Waals surface area (Å²) in [4.78, 5) is 13.6. The maximum absolute atomic E-state index is 6.13. The number of nitrogens with zero attached hydrogens (tertiary/aromatic N) is 4. The molecule has 2 N–H and O–H groups in total. The molecule has 150 valence electrons. The van der Waals surface area contributed by atoms with Gasteiger partial charge in [-0.15, -0.1) is 0 Å². The molecule has 0 bridgehead atoms. The minimum atomic E-state index is 0.364. The minimum absolute atomic E-state index is 0.364. The Hall–Kier alpha value is -2.43. The molecule has 0 amide bonds. The van der Waals surface area contributed by atoms with Gasteiger partial charge in [-0.1, -0.05) is 64.8 Å². The first-order valence-electron chi connectivity index (χ1n) is 10.4. The lowest BCUT2D eigenvalue weighted by molar-refractivity contribution is 0.378. The molecule has 5 nitrogen and oxygen atoms in total. The van der Waals surface area contributed by atoms with Crippen LogP contribution in [0.5, 0.6) is 0 Å². The van der Waals surface area contributed by atoms with Crippen LogP contribution >= 0.6 is 0 Å². The van der Waals surface area contributed by atoms with Gasteiger partial charge in [0.05, 0.1) is 12.9 Å². The Kier molecular flexibility index (Phi) is 6.32. The van der Waals surface area contributed by atoms with Crippen LogP contribution in [0.1, 0.15) is 70.3 Å². The Morgan fingerprint density at radius 1 is 0.964 bits per heavy atom. The number of unbranched alkanes of at least 4 members (excludes halogenated alkanes) is 2. The highest BCUT2D eigenvalue weighted by Crippen LogP contribution is 2.22. The van der Waals surface area contributed by atoms with Gasteiger partial charge in [0.2, 0.25) is 0 Å². The molecule has 1 aromatic carbocycles. The Bertz CT molecular complexity index is 903. The van der Waals surface area contributed by atoms with Gasteiger partial charge in [0.1, 0.15) is 11.3 Å². The van der Waals surface area contributed by atoms with Crippen LogP contribution in [0.4, 0.5) is 5.82 Å². The van der Waals surface area contributed by atoms with E-state index in [-0.39, 0.29) is 0 Å². The summed E-state index contributed by atoms with van der Waals surface area (Å²) < 4.78 is 2.07. The van der Waals surface area contributed by atoms with Crippen LogP contribution in [0.15, 0.2) is 30.6 Å². The summed E-state index contributed by atoms with van der Waals surface area (Å²) in [6.45, 7) is 9.80. The van der Waals surface area contributed by atoms with Gasteiger partial charge in [-0.05, 0) is 35.8 Å². The van der Waals surface area contributed by atoms with Crippen LogP contribution in [0.3, 0.4) is 0 Å². The standard InChI is InChI=1S/C23H33N5/c1-5-6-7-8-19-26-21(24)20-22(27-19)28(16-25-20)15-18-11-9-17(10-12-18)13-14-23(2,3)4/h9-12,16H,5-8,13-15H2,1-4H3,(H2,24,26,27). The summed E-state index contributed by atoms with van der Waals surface area (Å²) in [5.41, 5.74) is 10.6. The summed E-state index contributed by atoms with van der Waals surface area (Å²) in [7, 11) is 0. The van der Waals surface area contributed by atoms with E-state index in [0.29, 0.717) is 16.7 Å². The van der Waals surface area contributed by atoms with Crippen molar-refractivity contribution in [1.82, 2.24) is 19.5 Å². The predicted molar refractivity (Wildman–Crippen MR) is 116 cm³/mol. The number of nitrogens with two attached hydrogens (primary N) is 1. The Labute approximate surface area is 168 Å². The summed E-state index contributed by atoms with van der Waals surface area (Å²) in [6.07, 6.45) is 8.44. The Morgan fingerprint density at radius 2 is 1.68 bits per heavy atom. The highest BCUT2D eigenvalue weighted by Gasteiger charge is 2.12. The third-order valence-corrected chi connectivity index (χ3v) is 5.08. The summed E-state index contributed by atoms with van der Waals surface area (Å²) in [6, 6.07) is 8.88. The first kappa shape index (κ1) is 20.3. The molecule has 0 saturated carbocycles. The predicted octanol–water partition coefficient (Wildman–Crippen LogP) is 5.17. The van der Waals surface area contributed by atoms with Gasteiger partial charge in [-0.3, -0.25) is 0 Å². The van der Waals surface area contributed by atoms with Gasteiger partial charge in [0, 0.05) is 6.42 Å². The van der Waals surface area contributed by atoms with Crippen LogP contribution in [-0.4, -0.2) is 19.5 Å². The van der Waals surface area contributed by atoms with Crippen molar-refractivity contribution in [3.05, 3.63) is 47.5 Å². The van der Waals surface area contributed by atoms with Crippen LogP contribution in [0.2, 0.25) is 0 Å². The lowest BCUT2D eigenvalue weighted by Gasteiger charge is -2.17. The monoisotopic (exact) mass is 379 g/mol. The first-order valence-corrected chi connectivity index (χ1v) is 10.4. The molecule has 0 unspecified atom stereocenters. The van der Waals surface area contributed by atoms with Crippen molar-refractivity contribution >= 4 is 17.0 Å². The van der Waals surface area contributed by atoms with Crippen molar-refractivity contribution in [3.63, 3.8) is 0 Å². The fourth-order valence-electron chi connectivity index (χ4n) is 3.30. The van der Waals surface area contributed by atoms with E-state index < -0.39 is 0 Å². The average Bonchev–Trinajstić information content (AvgIpc) is 3.04. The molecule has 0 spiro atoms. The summed E-state index contributed by atoms with van der Waals surface area (Å²) >= 11 is 0. The second-order valence-electron chi connectivity index (χ2n) is 8.90. The van der Waals surface area contributed by atoms with Crippen molar-refractivity contribution in [2.75, 3.05) is 5.73 Å². The van der Waals surface area contributed by atoms with Gasteiger partial charge in [0.15, 0.2) is 11.5 Å². The highest BCUT2D eigenvalue weighted by molar-refractivity contribution is 5.81. The molecule has 0 fully saturated rings. The molecule has 0 atom stereocenters. The van der Waals surface area contributed by atoms with Crippen molar-refractivity contribution < 1.29 is 0 Å². The fraction of sp³-hybridized carbons (Fsp3) is 0.522. The quantitative estimate of drug-likeness (QED) is 0.548. The maximum atomic E-state index is 6.13. The topological polar surface area (TPSA) is 69.6 Å². The number of anilines is 1. The van der Waals surface area contributed by atoms with E-state index in [1.54, 1.807) is 0 Å². The van der Waals surface area contributed by atoms with E-state index in [9.17, 15) is 0 Å². The third kappa shape index (κ3) is 5.31. The molecule has 3 rings (SSSR count). The van der Waals surface area contributed by atoms with Crippen molar-refractivity contribution in [2.24, 2.45) is 5.41 Å². The first-order chi connectivity index (χ1) is 13.4. The summed E-state index contributed by atoms with van der Waals surface area (Å²) in [5.74, 6) is 1.30. The zero-order chi connectivity index (χ0) is 20.1. The van der Waals surface area contributed by atoms with Gasteiger partial charge < -0.3 is 10.3 Å². The van der Waals surface area contributed by atoms with Crippen molar-refractivity contribution in [3.8, 4) is 0 Å². The minimum Gasteiger partial charge on any atom is -0.382 e. The molecule has 0 radical (unpaired) electrons. The third-order valence-electron chi connectivity index (χ3n) is 5.08. The van der Waals surface area contributed by atoms with Crippen LogP contribution in [-0.2, 0) is 19.4 Å². The van der Waals surface area contributed by atoms with E-state index in [2.05, 4.69) is 66.5 Å². The molecule has 2 heterocycles.